The van der Waals surface area contributed by atoms with Gasteiger partial charge in [-0.2, -0.15) is 5.26 Å². The van der Waals surface area contributed by atoms with Crippen molar-refractivity contribution in [3.63, 3.8) is 0 Å². The third-order valence-corrected chi connectivity index (χ3v) is 0.528. The molecule has 7 heavy (non-hydrogen) atoms. The van der Waals surface area contributed by atoms with Crippen LogP contribution in [0.2, 0.25) is 0 Å². The van der Waals surface area contributed by atoms with Crippen molar-refractivity contribution in [1.29, 1.82) is 5.26 Å². The molecule has 1 rings (SSSR count). The van der Waals surface area contributed by atoms with E-state index >= 15 is 0 Å². The molecule has 1 heterocycles. The van der Waals surface area contributed by atoms with Gasteiger partial charge in [0.05, 0.1) is 6.20 Å². The van der Waals surface area contributed by atoms with Crippen LogP contribution in [0.5, 0.6) is 0 Å². The van der Waals surface area contributed by atoms with E-state index in [4.69, 9.17) is 5.26 Å². The van der Waals surface area contributed by atoms with Gasteiger partial charge in [0.2, 0.25) is 0 Å². The second-order valence-corrected chi connectivity index (χ2v) is 0.949. The number of hydrogen-bond donors (Lipinski definition) is 0. The van der Waals surface area contributed by atoms with Crippen molar-refractivity contribution in [2.75, 3.05) is 0 Å². The lowest BCUT2D eigenvalue weighted by molar-refractivity contribution is 0.542. The highest BCUT2D eigenvalue weighted by atomic mass is 16.3. The van der Waals surface area contributed by atoms with Crippen LogP contribution in [0.25, 0.3) is 0 Å². The van der Waals surface area contributed by atoms with E-state index in [0.717, 1.165) is 0 Å². The van der Waals surface area contributed by atoms with E-state index in [0.29, 0.717) is 0 Å². The van der Waals surface area contributed by atoms with Crippen LogP contribution in [0.15, 0.2) is 16.9 Å². The molecule has 0 spiro atoms. The maximum absolute atomic E-state index is 8.02. The molecule has 0 bridgehead atoms. The van der Waals surface area contributed by atoms with Gasteiger partial charge in [0.25, 0.3) is 5.89 Å². The number of hydrogen-bond acceptors (Lipinski definition) is 3. The summed E-state index contributed by atoms with van der Waals surface area (Å²) in [7, 11) is 0. The standard InChI is InChI=1S/C4H2N2O/c5-3-4-6-1-2-7-4/h1-2H. The van der Waals surface area contributed by atoms with Crippen LogP contribution in [0, 0.1) is 11.3 Å². The lowest BCUT2D eigenvalue weighted by Gasteiger charge is -1.63. The van der Waals surface area contributed by atoms with Crippen LogP contribution in [0.4, 0.5) is 0 Å². The largest absolute Gasteiger partial charge is 0.437 e. The predicted octanol–water partition coefficient (Wildman–Crippen LogP) is 0.546. The summed E-state index contributed by atoms with van der Waals surface area (Å²) >= 11 is 0. The Hall–Kier alpha value is -1.30. The van der Waals surface area contributed by atoms with Gasteiger partial charge in [0.15, 0.2) is 6.07 Å². The summed E-state index contributed by atoms with van der Waals surface area (Å²) in [6.45, 7) is 0. The maximum atomic E-state index is 8.02. The molecule has 0 saturated carbocycles. The average molecular weight is 94.1 g/mol. The minimum absolute atomic E-state index is 0.111. The first-order valence-corrected chi connectivity index (χ1v) is 1.73. The summed E-state index contributed by atoms with van der Waals surface area (Å²) in [5, 5.41) is 8.02. The van der Waals surface area contributed by atoms with Crippen molar-refractivity contribution in [1.82, 2.24) is 4.98 Å². The first-order valence-electron chi connectivity index (χ1n) is 1.73. The van der Waals surface area contributed by atoms with Crippen LogP contribution in [-0.2, 0) is 0 Å². The second kappa shape index (κ2) is 1.43. The molecule has 0 fully saturated rings. The fraction of sp³-hybridized carbons (Fsp3) is 0. The van der Waals surface area contributed by atoms with Crippen molar-refractivity contribution in [3.05, 3.63) is 18.4 Å². The maximum Gasteiger partial charge on any atom is 0.300 e. The number of nitrogens with zero attached hydrogens (tertiary/aromatic N) is 2. The molecular weight excluding hydrogens is 92.1 g/mol. The topological polar surface area (TPSA) is 49.8 Å². The molecule has 0 N–H and O–H groups in total. The third-order valence-electron chi connectivity index (χ3n) is 0.528. The molecule has 0 unspecified atom stereocenters. The van der Waals surface area contributed by atoms with Crippen LogP contribution in [0.1, 0.15) is 5.89 Å². The van der Waals surface area contributed by atoms with Gasteiger partial charge in [0.1, 0.15) is 6.26 Å². The number of aromatic nitrogens is 1. The summed E-state index contributed by atoms with van der Waals surface area (Å²) in [5.41, 5.74) is 0. The summed E-state index contributed by atoms with van der Waals surface area (Å²) in [6, 6.07) is 1.73. The highest BCUT2D eigenvalue weighted by Gasteiger charge is 1.86. The highest BCUT2D eigenvalue weighted by molar-refractivity contribution is 5.02. The Labute approximate surface area is 40.2 Å². The van der Waals surface area contributed by atoms with Crippen LogP contribution in [0.3, 0.4) is 0 Å². The molecule has 0 radical (unpaired) electrons. The quantitative estimate of drug-likeness (QED) is 0.471. The van der Waals surface area contributed by atoms with E-state index in [1.807, 2.05) is 0 Å². The molecule has 1 aromatic heterocycles. The minimum atomic E-state index is 0.111. The zero-order valence-corrected chi connectivity index (χ0v) is 3.46. The zero-order valence-electron chi connectivity index (χ0n) is 3.46. The van der Waals surface area contributed by atoms with Crippen molar-refractivity contribution in [3.8, 4) is 6.07 Å². The molecule has 34 valence electrons. The Balaban J connectivity index is 3.04. The Morgan fingerprint density at radius 3 is 3.00 bits per heavy atom. The molecule has 3 heteroatoms. The van der Waals surface area contributed by atoms with E-state index in [1.165, 1.54) is 12.5 Å². The van der Waals surface area contributed by atoms with Gasteiger partial charge in [-0.05, 0) is 0 Å². The Kier molecular flexibility index (Phi) is 0.794. The summed E-state index contributed by atoms with van der Waals surface area (Å²) < 4.78 is 4.51. The van der Waals surface area contributed by atoms with Crippen LogP contribution < -0.4 is 0 Å². The molecule has 0 atom stereocenters. The minimum Gasteiger partial charge on any atom is -0.437 e. The summed E-state index contributed by atoms with van der Waals surface area (Å²) in [4.78, 5) is 3.51. The normalized spacial score (nSPS) is 7.86. The van der Waals surface area contributed by atoms with Crippen molar-refractivity contribution in [2.45, 2.75) is 0 Å². The lowest BCUT2D eigenvalue weighted by atomic mass is 10.8. The third kappa shape index (κ3) is 0.578. The summed E-state index contributed by atoms with van der Waals surface area (Å²) in [5.74, 6) is 0.111. The molecule has 3 nitrogen and oxygen atoms in total. The van der Waals surface area contributed by atoms with E-state index in [9.17, 15) is 0 Å². The van der Waals surface area contributed by atoms with Crippen molar-refractivity contribution < 1.29 is 4.42 Å². The Bertz CT molecular complexity index is 172. The fourth-order valence-electron chi connectivity index (χ4n) is 0.279. The molecule has 0 saturated heterocycles. The Morgan fingerprint density at radius 2 is 2.71 bits per heavy atom. The molecular formula is C4H2N2O. The van der Waals surface area contributed by atoms with Gasteiger partial charge < -0.3 is 4.42 Å². The fourth-order valence-corrected chi connectivity index (χ4v) is 0.279. The smallest absolute Gasteiger partial charge is 0.300 e. The average Bonchev–Trinajstić information content (AvgIpc) is 2.14. The van der Waals surface area contributed by atoms with Gasteiger partial charge >= 0.3 is 0 Å². The molecule has 0 aliphatic heterocycles. The van der Waals surface area contributed by atoms with Gasteiger partial charge in [0, 0.05) is 0 Å². The van der Waals surface area contributed by atoms with Gasteiger partial charge in [-0.15, -0.1) is 0 Å². The SMILES string of the molecule is N#Cc1ncco1. The Morgan fingerprint density at radius 1 is 1.86 bits per heavy atom. The lowest BCUT2D eigenvalue weighted by Crippen LogP contribution is -1.64. The predicted molar refractivity (Wildman–Crippen MR) is 21.2 cm³/mol. The molecule has 0 amide bonds. The van der Waals surface area contributed by atoms with Crippen LogP contribution >= 0.6 is 0 Å². The monoisotopic (exact) mass is 94.0 g/mol. The first-order chi connectivity index (χ1) is 3.43. The van der Waals surface area contributed by atoms with Crippen molar-refractivity contribution in [2.24, 2.45) is 0 Å². The van der Waals surface area contributed by atoms with E-state index in [-0.39, 0.29) is 5.89 Å². The van der Waals surface area contributed by atoms with Crippen LogP contribution in [-0.4, -0.2) is 4.98 Å². The van der Waals surface area contributed by atoms with Gasteiger partial charge in [-0.1, -0.05) is 0 Å². The first kappa shape index (κ1) is 3.88. The number of rotatable bonds is 0. The zero-order chi connectivity index (χ0) is 5.11. The second-order valence-electron chi connectivity index (χ2n) is 0.949. The number of nitriles is 1. The molecule has 0 aromatic carbocycles. The van der Waals surface area contributed by atoms with Crippen molar-refractivity contribution >= 4 is 0 Å². The van der Waals surface area contributed by atoms with E-state index < -0.39 is 0 Å². The molecule has 0 aliphatic rings. The highest BCUT2D eigenvalue weighted by Crippen LogP contribution is 1.87. The molecule has 0 aliphatic carbocycles. The van der Waals surface area contributed by atoms with E-state index in [1.54, 1.807) is 6.07 Å². The van der Waals surface area contributed by atoms with Gasteiger partial charge in [-0.25, -0.2) is 4.98 Å². The van der Waals surface area contributed by atoms with E-state index in [2.05, 4.69) is 9.40 Å². The summed E-state index contributed by atoms with van der Waals surface area (Å²) in [6.07, 6.45) is 2.79. The van der Waals surface area contributed by atoms with Gasteiger partial charge in [-0.3, -0.25) is 0 Å². The molecule has 1 aromatic rings. The number of oxazole rings is 1.